The average molecular weight is 367 g/mol. The van der Waals surface area contributed by atoms with Gasteiger partial charge in [-0.15, -0.1) is 11.8 Å². The normalized spacial score (nSPS) is 20.2. The molecule has 0 bridgehead atoms. The quantitative estimate of drug-likeness (QED) is 0.840. The van der Waals surface area contributed by atoms with Gasteiger partial charge in [-0.1, -0.05) is 12.1 Å². The highest BCUT2D eigenvalue weighted by molar-refractivity contribution is 8.01. The summed E-state index contributed by atoms with van der Waals surface area (Å²) in [7, 11) is 1.75. The molecule has 0 aliphatic carbocycles. The Morgan fingerprint density at radius 3 is 2.60 bits per heavy atom. The smallest absolute Gasteiger partial charge is 0.317 e. The first-order valence-corrected chi connectivity index (χ1v) is 9.47. The van der Waals surface area contributed by atoms with Gasteiger partial charge < -0.3 is 15.1 Å². The molecule has 138 valence electrons. The molecule has 1 N–H and O–H groups in total. The van der Waals surface area contributed by atoms with E-state index in [1.165, 1.54) is 12.1 Å². The summed E-state index contributed by atoms with van der Waals surface area (Å²) in [6.07, 6.45) is 0.693. The predicted octanol–water partition coefficient (Wildman–Crippen LogP) is 3.23. The van der Waals surface area contributed by atoms with Crippen LogP contribution in [-0.2, 0) is 4.79 Å². The van der Waals surface area contributed by atoms with Crippen molar-refractivity contribution < 1.29 is 14.0 Å². The average Bonchev–Trinajstić information content (AvgIpc) is 2.83. The molecule has 1 fully saturated rings. The number of carbonyl (C=O) groups is 2. The first-order chi connectivity index (χ1) is 11.8. The second kappa shape index (κ2) is 8.56. The predicted molar refractivity (Wildman–Crippen MR) is 98.8 cm³/mol. The van der Waals surface area contributed by atoms with Gasteiger partial charge in [0.05, 0.1) is 5.25 Å². The lowest BCUT2D eigenvalue weighted by Gasteiger charge is -2.26. The first kappa shape index (κ1) is 19.6. The summed E-state index contributed by atoms with van der Waals surface area (Å²) in [5.41, 5.74) is 0.926. The number of hydrogen-bond donors (Lipinski definition) is 1. The number of hydrogen-bond acceptors (Lipinski definition) is 3. The van der Waals surface area contributed by atoms with Gasteiger partial charge in [0.15, 0.2) is 0 Å². The summed E-state index contributed by atoms with van der Waals surface area (Å²) < 4.78 is 13.2. The topological polar surface area (TPSA) is 52.7 Å². The fraction of sp³-hybridized carbons (Fsp3) is 0.556. The highest BCUT2D eigenvalue weighted by Crippen LogP contribution is 2.42. The Labute approximate surface area is 152 Å². The highest BCUT2D eigenvalue weighted by atomic mass is 32.2. The minimum Gasteiger partial charge on any atom is -0.336 e. The fourth-order valence-electron chi connectivity index (χ4n) is 2.72. The van der Waals surface area contributed by atoms with Crippen molar-refractivity contribution in [1.82, 2.24) is 15.1 Å². The van der Waals surface area contributed by atoms with Crippen LogP contribution in [0.2, 0.25) is 0 Å². The van der Waals surface area contributed by atoms with Crippen LogP contribution in [-0.4, -0.2) is 53.2 Å². The third-order valence-electron chi connectivity index (χ3n) is 4.05. The Kier molecular flexibility index (Phi) is 6.70. The zero-order valence-corrected chi connectivity index (χ0v) is 16.0. The fourth-order valence-corrected chi connectivity index (χ4v) is 4.03. The molecular weight excluding hydrogens is 341 g/mol. The number of carbonyl (C=O) groups excluding carboxylic acids is 2. The molecule has 3 amide bonds. The third kappa shape index (κ3) is 5.11. The second-order valence-corrected chi connectivity index (χ2v) is 8.02. The van der Waals surface area contributed by atoms with E-state index in [0.717, 1.165) is 5.56 Å². The molecule has 1 aromatic rings. The van der Waals surface area contributed by atoms with E-state index in [1.807, 2.05) is 25.7 Å². The Morgan fingerprint density at radius 2 is 2.00 bits per heavy atom. The van der Waals surface area contributed by atoms with Crippen molar-refractivity contribution in [1.29, 1.82) is 0 Å². The van der Waals surface area contributed by atoms with Crippen molar-refractivity contribution in [3.63, 3.8) is 0 Å². The molecule has 1 aliphatic heterocycles. The molecule has 2 rings (SSSR count). The van der Waals surface area contributed by atoms with E-state index in [-0.39, 0.29) is 34.4 Å². The number of rotatable bonds is 6. The van der Waals surface area contributed by atoms with Crippen molar-refractivity contribution in [3.8, 4) is 0 Å². The molecule has 0 aromatic heterocycles. The van der Waals surface area contributed by atoms with Crippen LogP contribution >= 0.6 is 11.8 Å². The molecule has 1 saturated heterocycles. The zero-order valence-electron chi connectivity index (χ0n) is 15.2. The van der Waals surface area contributed by atoms with Gasteiger partial charge in [0, 0.05) is 26.2 Å². The molecule has 2 atom stereocenters. The van der Waals surface area contributed by atoms with Gasteiger partial charge in [-0.3, -0.25) is 4.79 Å². The van der Waals surface area contributed by atoms with E-state index in [2.05, 4.69) is 5.32 Å². The Morgan fingerprint density at radius 1 is 1.36 bits per heavy atom. The molecule has 0 radical (unpaired) electrons. The number of halogens is 1. The molecule has 1 heterocycles. The highest BCUT2D eigenvalue weighted by Gasteiger charge is 2.38. The van der Waals surface area contributed by atoms with Crippen molar-refractivity contribution in [2.75, 3.05) is 20.1 Å². The number of urea groups is 1. The van der Waals surface area contributed by atoms with Crippen LogP contribution in [0, 0.1) is 5.82 Å². The number of nitrogens with zero attached hydrogens (tertiary/aromatic N) is 2. The van der Waals surface area contributed by atoms with Crippen molar-refractivity contribution in [2.45, 2.75) is 43.9 Å². The molecular formula is C18H26FN3O2S. The summed E-state index contributed by atoms with van der Waals surface area (Å²) in [5, 5.41) is 2.63. The standard InChI is InChI=1S/C18H26FN3O2S/c1-12(2)20-18(24)21(4)10-5-11-22-16(23)13(3)25-17(22)14-6-8-15(19)9-7-14/h6-9,12-13,17H,5,10-11H2,1-4H3,(H,20,24)/t13-,17+/m1/s1. The van der Waals surface area contributed by atoms with Crippen LogP contribution in [0.4, 0.5) is 9.18 Å². The Hall–Kier alpha value is -1.76. The first-order valence-electron chi connectivity index (χ1n) is 8.52. The number of benzene rings is 1. The Balaban J connectivity index is 1.95. The number of thioether (sulfide) groups is 1. The van der Waals surface area contributed by atoms with Crippen LogP contribution in [0.1, 0.15) is 38.1 Å². The largest absolute Gasteiger partial charge is 0.336 e. The Bertz CT molecular complexity index is 609. The van der Waals surface area contributed by atoms with E-state index < -0.39 is 0 Å². The van der Waals surface area contributed by atoms with E-state index >= 15 is 0 Å². The lowest BCUT2D eigenvalue weighted by atomic mass is 10.2. The van der Waals surface area contributed by atoms with Gasteiger partial charge in [-0.05, 0) is 44.9 Å². The van der Waals surface area contributed by atoms with Crippen LogP contribution in [0.25, 0.3) is 0 Å². The van der Waals surface area contributed by atoms with Crippen molar-refractivity contribution >= 4 is 23.7 Å². The van der Waals surface area contributed by atoms with E-state index in [1.54, 1.807) is 35.8 Å². The van der Waals surface area contributed by atoms with Crippen molar-refractivity contribution in [3.05, 3.63) is 35.6 Å². The third-order valence-corrected chi connectivity index (χ3v) is 5.45. The maximum Gasteiger partial charge on any atom is 0.317 e. The molecule has 1 aromatic carbocycles. The molecule has 0 saturated carbocycles. The lowest BCUT2D eigenvalue weighted by molar-refractivity contribution is -0.129. The zero-order chi connectivity index (χ0) is 18.6. The van der Waals surface area contributed by atoms with E-state index in [4.69, 9.17) is 0 Å². The van der Waals surface area contributed by atoms with Gasteiger partial charge in [-0.25, -0.2) is 9.18 Å². The monoisotopic (exact) mass is 367 g/mol. The summed E-state index contributed by atoms with van der Waals surface area (Å²) in [6.45, 7) is 6.86. The molecule has 0 unspecified atom stereocenters. The minimum atomic E-state index is -0.282. The maximum atomic E-state index is 13.2. The SMILES string of the molecule is CC(C)NC(=O)N(C)CCCN1C(=O)[C@@H](C)S[C@H]1c1ccc(F)cc1. The van der Waals surface area contributed by atoms with Crippen LogP contribution < -0.4 is 5.32 Å². The summed E-state index contributed by atoms with van der Waals surface area (Å²) in [5.74, 6) is -0.191. The number of nitrogens with one attached hydrogen (secondary N) is 1. The summed E-state index contributed by atoms with van der Waals surface area (Å²) >= 11 is 1.58. The molecule has 5 nitrogen and oxygen atoms in total. The second-order valence-electron chi connectivity index (χ2n) is 6.59. The number of amides is 3. The maximum absolute atomic E-state index is 13.2. The van der Waals surface area contributed by atoms with Gasteiger partial charge >= 0.3 is 6.03 Å². The van der Waals surface area contributed by atoms with Gasteiger partial charge in [0.1, 0.15) is 11.2 Å². The molecule has 1 aliphatic rings. The minimum absolute atomic E-state index is 0.0913. The molecule has 0 spiro atoms. The van der Waals surface area contributed by atoms with Gasteiger partial charge in [0.2, 0.25) is 5.91 Å². The van der Waals surface area contributed by atoms with E-state index in [0.29, 0.717) is 19.5 Å². The lowest BCUT2D eigenvalue weighted by Crippen LogP contribution is -2.42. The van der Waals surface area contributed by atoms with Crippen LogP contribution in [0.3, 0.4) is 0 Å². The van der Waals surface area contributed by atoms with Gasteiger partial charge in [-0.2, -0.15) is 0 Å². The van der Waals surface area contributed by atoms with E-state index in [9.17, 15) is 14.0 Å². The van der Waals surface area contributed by atoms with Crippen LogP contribution in [0.15, 0.2) is 24.3 Å². The summed E-state index contributed by atoms with van der Waals surface area (Å²) in [6, 6.07) is 6.29. The molecule has 25 heavy (non-hydrogen) atoms. The molecule has 7 heteroatoms. The van der Waals surface area contributed by atoms with Crippen molar-refractivity contribution in [2.24, 2.45) is 0 Å². The summed E-state index contributed by atoms with van der Waals surface area (Å²) in [4.78, 5) is 27.8. The van der Waals surface area contributed by atoms with Gasteiger partial charge in [0.25, 0.3) is 0 Å². The van der Waals surface area contributed by atoms with Crippen LogP contribution in [0.5, 0.6) is 0 Å².